The lowest BCUT2D eigenvalue weighted by Crippen LogP contribution is -2.76. The molecule has 0 unspecified atom stereocenters. The Bertz CT molecular complexity index is 1160. The Balaban J connectivity index is 3.50. The number of rotatable bonds is 13. The predicted molar refractivity (Wildman–Crippen MR) is 101 cm³/mol. The van der Waals surface area contributed by atoms with Crippen molar-refractivity contribution < 1.29 is 103 Å². The van der Waals surface area contributed by atoms with E-state index < -0.39 is 72.0 Å². The van der Waals surface area contributed by atoms with Gasteiger partial charge in [-0.05, 0) is 24.3 Å². The number of carboxylic acids is 1. The minimum atomic E-state index is -9.01. The summed E-state index contributed by atoms with van der Waals surface area (Å²) in [5.74, 6) is -63.7. The summed E-state index contributed by atoms with van der Waals surface area (Å²) in [7, 11) is 2.63. The molecule has 0 atom stereocenters. The first-order valence-corrected chi connectivity index (χ1v) is 10.5. The summed E-state index contributed by atoms with van der Waals surface area (Å²) in [5, 5.41) is 8.79. The highest BCUT2D eigenvalue weighted by Crippen LogP contribution is 2.65. The Hall–Kier alpha value is -2.88. The van der Waals surface area contributed by atoms with Crippen molar-refractivity contribution in [3.8, 4) is 5.75 Å². The van der Waals surface area contributed by atoms with E-state index in [1.54, 1.807) is 0 Å². The van der Waals surface area contributed by atoms with E-state index in [0.29, 0.717) is 12.1 Å². The minimum Gasteiger partial charge on any atom is -0.477 e. The van der Waals surface area contributed by atoms with Gasteiger partial charge in [-0.25, -0.2) is 4.79 Å². The number of alkyl halides is 19. The van der Waals surface area contributed by atoms with E-state index in [9.17, 15) is 88.2 Å². The number of halogens is 19. The number of quaternary nitrogens is 1. The van der Waals surface area contributed by atoms with Gasteiger partial charge in [-0.1, -0.05) is 0 Å². The third-order valence-electron chi connectivity index (χ3n) is 5.43. The largest absolute Gasteiger partial charge is 0.477 e. The molecule has 0 bridgehead atoms. The molecule has 0 amide bonds. The summed E-state index contributed by atoms with van der Waals surface area (Å²) in [6.07, 6.45) is -15.1. The number of carboxylic acid groups (broad SMARTS) is 1. The number of hydrogen-bond acceptors (Lipinski definition) is 2. The van der Waals surface area contributed by atoms with Crippen LogP contribution in [-0.4, -0.2) is 89.9 Å². The van der Waals surface area contributed by atoms with Crippen molar-refractivity contribution in [2.24, 2.45) is 0 Å². The third-order valence-corrected chi connectivity index (χ3v) is 5.43. The molecule has 0 saturated carbocycles. The van der Waals surface area contributed by atoms with E-state index in [2.05, 4.69) is 4.74 Å². The summed E-state index contributed by atoms with van der Waals surface area (Å²) in [6.45, 7) is -0.792. The zero-order valence-electron chi connectivity index (χ0n) is 20.6. The van der Waals surface area contributed by atoms with Crippen LogP contribution >= 0.6 is 0 Å². The summed E-state index contributed by atoms with van der Waals surface area (Å²) in [5.41, 5.74) is 0.00370. The van der Waals surface area contributed by atoms with E-state index in [4.69, 9.17) is 5.11 Å². The van der Waals surface area contributed by atoms with Crippen molar-refractivity contribution in [1.29, 1.82) is 0 Å². The molecule has 0 fully saturated rings. The Morgan fingerprint density at radius 2 is 0.930 bits per heavy atom. The average Bonchev–Trinajstić information content (AvgIpc) is 2.77. The van der Waals surface area contributed by atoms with Crippen LogP contribution in [0.15, 0.2) is 24.3 Å². The van der Waals surface area contributed by atoms with E-state index in [-0.39, 0.29) is 28.7 Å². The van der Waals surface area contributed by atoms with Crippen LogP contribution in [0.3, 0.4) is 0 Å². The van der Waals surface area contributed by atoms with Crippen LogP contribution in [0.2, 0.25) is 0 Å². The van der Waals surface area contributed by atoms with Crippen LogP contribution in [0.5, 0.6) is 5.75 Å². The number of ether oxygens (including phenoxy) is 1. The molecular formula is C20H15F19NO3+. The lowest BCUT2D eigenvalue weighted by Gasteiger charge is -2.43. The highest BCUT2D eigenvalue weighted by Gasteiger charge is 2.97. The van der Waals surface area contributed by atoms with Gasteiger partial charge in [0.2, 0.25) is 0 Å². The highest BCUT2D eigenvalue weighted by molar-refractivity contribution is 5.67. The number of nitrogens with zero attached hydrogens (tertiary/aromatic N) is 1. The Morgan fingerprint density at radius 3 is 1.26 bits per heavy atom. The van der Waals surface area contributed by atoms with Crippen molar-refractivity contribution in [1.82, 2.24) is 0 Å². The first kappa shape index (κ1) is 38.1. The monoisotopic (exact) mass is 678 g/mol. The van der Waals surface area contributed by atoms with Crippen molar-refractivity contribution in [2.75, 3.05) is 20.6 Å². The fourth-order valence-corrected chi connectivity index (χ4v) is 3.14. The molecule has 1 aromatic carbocycles. The van der Waals surface area contributed by atoms with E-state index in [0.717, 1.165) is 0 Å². The van der Waals surface area contributed by atoms with Crippen LogP contribution in [0.4, 0.5) is 83.4 Å². The average molecular weight is 678 g/mol. The normalized spacial score (nSPS) is 15.5. The molecule has 1 N–H and O–H groups in total. The van der Waals surface area contributed by atoms with Gasteiger partial charge in [0.25, 0.3) is 0 Å². The highest BCUT2D eigenvalue weighted by atomic mass is 19.4. The van der Waals surface area contributed by atoms with Gasteiger partial charge < -0.3 is 14.3 Å². The van der Waals surface area contributed by atoms with Gasteiger partial charge in [-0.3, -0.25) is 0 Å². The smallest absolute Gasteiger partial charge is 0.471 e. The van der Waals surface area contributed by atoms with Crippen LogP contribution < -0.4 is 4.74 Å². The number of carbonyl (C=O) groups is 1. The third kappa shape index (κ3) is 6.08. The number of hydrogen-bond donors (Lipinski definition) is 1. The Kier molecular flexibility index (Phi) is 9.43. The van der Waals surface area contributed by atoms with Gasteiger partial charge in [0, 0.05) is 5.56 Å². The SMILES string of the molecule is C[N+](C)(CC(=O)O)Cc1ccc(OC(F)(F)C(F)(F)C(F)(F)C(F)(F)C(F)(F)C(F)(F)C(F)(F)C(F)(F)C(F)(F)F)cc1. The molecule has 0 aliphatic carbocycles. The number of aliphatic carboxylic acids is 1. The van der Waals surface area contributed by atoms with Crippen LogP contribution in [0.1, 0.15) is 5.56 Å². The molecule has 1 aromatic rings. The molecule has 0 saturated heterocycles. The fourth-order valence-electron chi connectivity index (χ4n) is 3.14. The van der Waals surface area contributed by atoms with Gasteiger partial charge in [0.05, 0.1) is 14.1 Å². The molecule has 43 heavy (non-hydrogen) atoms. The second-order valence-corrected chi connectivity index (χ2v) is 9.43. The Labute approximate surface area is 226 Å². The summed E-state index contributed by atoms with van der Waals surface area (Å²) in [6, 6.07) is 1.85. The number of benzene rings is 1. The molecule has 0 aromatic heterocycles. The van der Waals surface area contributed by atoms with Gasteiger partial charge >= 0.3 is 59.7 Å². The standard InChI is InChI=1S/C20H14F19NO3/c1-40(2,8-11(41)42)7-9-3-5-10(6-4-9)43-20(38,39)18(33,34)16(29,30)14(25,26)12(21,22)13(23,24)15(27,28)17(31,32)19(35,36)37/h3-6H,7-8H2,1-2H3/p+1. The fraction of sp³-hybridized carbons (Fsp3) is 0.650. The van der Waals surface area contributed by atoms with Gasteiger partial charge in [0.1, 0.15) is 12.3 Å². The summed E-state index contributed by atoms with van der Waals surface area (Å²) in [4.78, 5) is 10.8. The van der Waals surface area contributed by atoms with E-state index in [1.165, 1.54) is 14.1 Å². The molecule has 0 aliphatic rings. The number of likely N-dealkylation sites (N-methyl/N-ethyl adjacent to an activating group) is 1. The van der Waals surface area contributed by atoms with Gasteiger partial charge in [0.15, 0.2) is 6.54 Å². The first-order chi connectivity index (χ1) is 18.6. The second kappa shape index (κ2) is 10.6. The minimum absolute atomic E-state index is 0.00370. The first-order valence-electron chi connectivity index (χ1n) is 10.5. The van der Waals surface area contributed by atoms with Crippen LogP contribution in [-0.2, 0) is 11.3 Å². The lowest BCUT2D eigenvalue weighted by atomic mass is 9.88. The maximum Gasteiger partial charge on any atom is 0.471 e. The zero-order chi connectivity index (χ0) is 34.7. The van der Waals surface area contributed by atoms with Crippen molar-refractivity contribution in [3.63, 3.8) is 0 Å². The molecule has 0 aliphatic heterocycles. The summed E-state index contributed by atoms with van der Waals surface area (Å²) < 4.78 is 257. The zero-order valence-corrected chi connectivity index (χ0v) is 20.6. The van der Waals surface area contributed by atoms with Crippen LogP contribution in [0, 0.1) is 0 Å². The molecule has 23 heteroatoms. The van der Waals surface area contributed by atoms with Crippen molar-refractivity contribution in [2.45, 2.75) is 60.3 Å². The maximum absolute atomic E-state index is 14.0. The molecule has 0 spiro atoms. The van der Waals surface area contributed by atoms with Crippen LogP contribution in [0.25, 0.3) is 0 Å². The quantitative estimate of drug-likeness (QED) is 0.176. The van der Waals surface area contributed by atoms with Gasteiger partial charge in [-0.2, -0.15) is 83.4 Å². The van der Waals surface area contributed by atoms with Gasteiger partial charge in [-0.15, -0.1) is 0 Å². The van der Waals surface area contributed by atoms with E-state index in [1.807, 2.05) is 0 Å². The molecule has 0 radical (unpaired) electrons. The molecule has 250 valence electrons. The topological polar surface area (TPSA) is 46.5 Å². The molecule has 0 heterocycles. The molecule has 4 nitrogen and oxygen atoms in total. The Morgan fingerprint density at radius 1 is 0.605 bits per heavy atom. The van der Waals surface area contributed by atoms with Crippen molar-refractivity contribution >= 4 is 5.97 Å². The molecular weight excluding hydrogens is 663 g/mol. The molecule has 1 rings (SSSR count). The summed E-state index contributed by atoms with van der Waals surface area (Å²) >= 11 is 0. The second-order valence-electron chi connectivity index (χ2n) is 9.43. The van der Waals surface area contributed by atoms with E-state index >= 15 is 0 Å². The van der Waals surface area contributed by atoms with Crippen molar-refractivity contribution in [3.05, 3.63) is 29.8 Å². The maximum atomic E-state index is 14.0. The predicted octanol–water partition coefficient (Wildman–Crippen LogP) is 7.33. The lowest BCUT2D eigenvalue weighted by molar-refractivity contribution is -0.896.